The van der Waals surface area contributed by atoms with E-state index in [1.165, 1.54) is 12.1 Å². The molecule has 3 heterocycles. The van der Waals surface area contributed by atoms with E-state index >= 15 is 0 Å². The van der Waals surface area contributed by atoms with Crippen LogP contribution >= 0.6 is 0 Å². The lowest BCUT2D eigenvalue weighted by Gasteiger charge is -2.20. The molecule has 0 radical (unpaired) electrons. The molecular weight excluding hydrogens is 481 g/mol. The van der Waals surface area contributed by atoms with Gasteiger partial charge < -0.3 is 14.7 Å². The first kappa shape index (κ1) is 25.3. The number of aromatic nitrogens is 4. The van der Waals surface area contributed by atoms with Gasteiger partial charge >= 0.3 is 0 Å². The van der Waals surface area contributed by atoms with Crippen molar-refractivity contribution < 1.29 is 13.6 Å². The summed E-state index contributed by atoms with van der Waals surface area (Å²) in [7, 11) is 1.99. The minimum atomic E-state index is -0.557. The van der Waals surface area contributed by atoms with Crippen molar-refractivity contribution in [2.45, 2.75) is 40.0 Å². The summed E-state index contributed by atoms with van der Waals surface area (Å²) < 4.78 is 21.5. The summed E-state index contributed by atoms with van der Waals surface area (Å²) in [5.41, 5.74) is 11.9. The van der Waals surface area contributed by atoms with Crippen LogP contribution in [0.4, 0.5) is 4.39 Å². The van der Waals surface area contributed by atoms with Gasteiger partial charge in [-0.15, -0.1) is 10.2 Å². The van der Waals surface area contributed by atoms with Crippen LogP contribution in [0.1, 0.15) is 47.0 Å². The third kappa shape index (κ3) is 4.94. The number of carbonyl (C=O) groups excluding carboxylic acids is 1. The Hall–Kier alpha value is -4.33. The zero-order valence-corrected chi connectivity index (χ0v) is 22.0. The fraction of sp³-hybridized carbons (Fsp3) is 0.267. The summed E-state index contributed by atoms with van der Waals surface area (Å²) in [4.78, 5) is 18.1. The Labute approximate surface area is 220 Å². The summed E-state index contributed by atoms with van der Waals surface area (Å²) in [6, 6.07) is 14.5. The Kier molecular flexibility index (Phi) is 6.80. The fourth-order valence-corrected chi connectivity index (χ4v) is 4.94. The average molecular weight is 512 g/mol. The highest BCUT2D eigenvalue weighted by Crippen LogP contribution is 2.40. The predicted molar refractivity (Wildman–Crippen MR) is 145 cm³/mol. The minimum absolute atomic E-state index is 0.242. The summed E-state index contributed by atoms with van der Waals surface area (Å²) in [6.07, 6.45) is 3.71. The molecule has 5 aromatic rings. The smallest absolute Gasteiger partial charge is 0.251 e. The maximum Gasteiger partial charge on any atom is 0.251 e. The van der Waals surface area contributed by atoms with Gasteiger partial charge in [-0.3, -0.25) is 9.78 Å². The van der Waals surface area contributed by atoms with Crippen molar-refractivity contribution >= 4 is 16.8 Å². The van der Waals surface area contributed by atoms with Gasteiger partial charge in [0.1, 0.15) is 5.82 Å². The van der Waals surface area contributed by atoms with Crippen LogP contribution in [0.2, 0.25) is 0 Å². The van der Waals surface area contributed by atoms with Gasteiger partial charge in [0.25, 0.3) is 5.91 Å². The Morgan fingerprint density at radius 2 is 1.79 bits per heavy atom. The van der Waals surface area contributed by atoms with Crippen LogP contribution < -0.4 is 5.73 Å². The maximum absolute atomic E-state index is 13.5. The second-order valence-electron chi connectivity index (χ2n) is 10.0. The lowest BCUT2D eigenvalue weighted by atomic mass is 9.88. The van der Waals surface area contributed by atoms with Crippen LogP contribution in [0.5, 0.6) is 0 Å². The second-order valence-corrected chi connectivity index (χ2v) is 10.0. The standard InChI is InChI=1S/C30H30FN5O2/c1-17(2)15-24-27(29(32)37)26(21-8-12-25-20(16-21)13-14-36(25)4)28(30-35-34-18(3)38-30)23(33-24)11-7-19-5-9-22(31)10-6-19/h5-6,8-10,12-14,16-17H,7,11,15H2,1-4H3,(H2,32,37). The lowest BCUT2D eigenvalue weighted by Crippen LogP contribution is -2.20. The number of benzene rings is 2. The SMILES string of the molecule is Cc1nnc(-c2c(CCc3ccc(F)cc3)nc(CC(C)C)c(C(N)=O)c2-c2ccc3c(ccn3C)c2)o1. The summed E-state index contributed by atoms with van der Waals surface area (Å²) in [6.45, 7) is 5.88. The summed E-state index contributed by atoms with van der Waals surface area (Å²) in [5, 5.41) is 9.42. The number of aryl methyl sites for hydroxylation is 4. The molecule has 0 spiro atoms. The highest BCUT2D eigenvalue weighted by Gasteiger charge is 2.28. The van der Waals surface area contributed by atoms with Gasteiger partial charge in [-0.1, -0.05) is 32.0 Å². The Morgan fingerprint density at radius 3 is 2.45 bits per heavy atom. The molecule has 7 nitrogen and oxygen atoms in total. The molecule has 8 heteroatoms. The van der Waals surface area contributed by atoms with E-state index < -0.39 is 5.91 Å². The van der Waals surface area contributed by atoms with Gasteiger partial charge in [-0.25, -0.2) is 4.39 Å². The molecule has 0 aliphatic carbocycles. The van der Waals surface area contributed by atoms with E-state index in [0.717, 1.165) is 27.7 Å². The second kappa shape index (κ2) is 10.2. The molecule has 3 aromatic heterocycles. The highest BCUT2D eigenvalue weighted by molar-refractivity contribution is 6.05. The Morgan fingerprint density at radius 1 is 1.03 bits per heavy atom. The largest absolute Gasteiger partial charge is 0.421 e. The van der Waals surface area contributed by atoms with Crippen LogP contribution in [-0.4, -0.2) is 25.7 Å². The molecule has 38 heavy (non-hydrogen) atoms. The fourth-order valence-electron chi connectivity index (χ4n) is 4.94. The van der Waals surface area contributed by atoms with Crippen molar-refractivity contribution in [1.29, 1.82) is 0 Å². The molecule has 0 atom stereocenters. The van der Waals surface area contributed by atoms with E-state index in [1.807, 2.05) is 42.1 Å². The third-order valence-electron chi connectivity index (χ3n) is 6.67. The number of fused-ring (bicyclic) bond motifs is 1. The van der Waals surface area contributed by atoms with Crippen molar-refractivity contribution in [3.8, 4) is 22.6 Å². The molecule has 2 N–H and O–H groups in total. The van der Waals surface area contributed by atoms with Crippen molar-refractivity contribution in [2.24, 2.45) is 18.7 Å². The number of amides is 1. The minimum Gasteiger partial charge on any atom is -0.421 e. The first-order valence-corrected chi connectivity index (χ1v) is 12.7. The molecule has 0 fully saturated rings. The number of hydrogen-bond acceptors (Lipinski definition) is 5. The number of rotatable bonds is 8. The van der Waals surface area contributed by atoms with Gasteiger partial charge in [0, 0.05) is 36.6 Å². The first-order chi connectivity index (χ1) is 18.2. The van der Waals surface area contributed by atoms with Crippen LogP contribution in [0, 0.1) is 18.7 Å². The molecule has 0 aliphatic heterocycles. The Balaban J connectivity index is 1.79. The molecule has 0 saturated heterocycles. The number of pyridine rings is 1. The van der Waals surface area contributed by atoms with Crippen LogP contribution in [-0.2, 0) is 26.3 Å². The first-order valence-electron chi connectivity index (χ1n) is 12.7. The zero-order valence-electron chi connectivity index (χ0n) is 22.0. The molecule has 2 aromatic carbocycles. The van der Waals surface area contributed by atoms with Gasteiger partial charge in [0.15, 0.2) is 0 Å². The molecule has 0 unspecified atom stereocenters. The zero-order chi connectivity index (χ0) is 27.0. The number of hydrogen-bond donors (Lipinski definition) is 1. The van der Waals surface area contributed by atoms with Crippen molar-refractivity contribution in [2.75, 3.05) is 0 Å². The van der Waals surface area contributed by atoms with E-state index in [2.05, 4.69) is 24.0 Å². The van der Waals surface area contributed by atoms with Gasteiger partial charge in [0.05, 0.1) is 22.5 Å². The molecule has 0 bridgehead atoms. The molecule has 194 valence electrons. The average Bonchev–Trinajstić information content (AvgIpc) is 3.47. The van der Waals surface area contributed by atoms with E-state index in [0.29, 0.717) is 47.5 Å². The molecule has 5 rings (SSSR count). The number of primary amides is 1. The van der Waals surface area contributed by atoms with Crippen LogP contribution in [0.3, 0.4) is 0 Å². The van der Waals surface area contributed by atoms with Gasteiger partial charge in [-0.05, 0) is 66.6 Å². The predicted octanol–water partition coefficient (Wildman–Crippen LogP) is 5.82. The van der Waals surface area contributed by atoms with E-state index in [-0.39, 0.29) is 17.6 Å². The molecule has 0 aliphatic rings. The summed E-state index contributed by atoms with van der Waals surface area (Å²) in [5.74, 6) is 0.0922. The number of halogens is 1. The van der Waals surface area contributed by atoms with Crippen molar-refractivity contribution in [3.63, 3.8) is 0 Å². The third-order valence-corrected chi connectivity index (χ3v) is 6.67. The molecule has 1 amide bonds. The normalized spacial score (nSPS) is 11.5. The van der Waals surface area contributed by atoms with Gasteiger partial charge in [-0.2, -0.15) is 0 Å². The van der Waals surface area contributed by atoms with E-state index in [1.54, 1.807) is 19.1 Å². The van der Waals surface area contributed by atoms with Crippen molar-refractivity contribution in [3.05, 3.63) is 89.0 Å². The molecular formula is C30H30FN5O2. The highest BCUT2D eigenvalue weighted by atomic mass is 19.1. The van der Waals surface area contributed by atoms with E-state index in [9.17, 15) is 9.18 Å². The van der Waals surface area contributed by atoms with E-state index in [4.69, 9.17) is 15.1 Å². The monoisotopic (exact) mass is 511 g/mol. The topological polar surface area (TPSA) is 99.8 Å². The number of carbonyl (C=O) groups is 1. The quantitative estimate of drug-likeness (QED) is 0.283. The molecule has 0 saturated carbocycles. The number of nitrogens with two attached hydrogens (primary N) is 1. The van der Waals surface area contributed by atoms with Crippen molar-refractivity contribution in [1.82, 2.24) is 19.7 Å². The lowest BCUT2D eigenvalue weighted by molar-refractivity contribution is 0.0999. The number of nitrogens with zero attached hydrogens (tertiary/aromatic N) is 4. The Bertz CT molecular complexity index is 1630. The van der Waals surface area contributed by atoms with Gasteiger partial charge in [0.2, 0.25) is 11.8 Å². The van der Waals surface area contributed by atoms with Crippen LogP contribution in [0.25, 0.3) is 33.5 Å². The van der Waals surface area contributed by atoms with Crippen LogP contribution in [0.15, 0.2) is 59.1 Å². The summed E-state index contributed by atoms with van der Waals surface area (Å²) >= 11 is 0. The maximum atomic E-state index is 13.5.